The molecule has 0 radical (unpaired) electrons. The molecule has 2 N–H and O–H groups in total. The quantitative estimate of drug-likeness (QED) is 0.438. The second-order valence-corrected chi connectivity index (χ2v) is 5.02. The zero-order chi connectivity index (χ0) is 12.5. The van der Waals surface area contributed by atoms with Crippen molar-refractivity contribution >= 4 is 5.96 Å². The highest BCUT2D eigenvalue weighted by Crippen LogP contribution is 2.28. The molecule has 0 aromatic heterocycles. The second kappa shape index (κ2) is 8.15. The van der Waals surface area contributed by atoms with Gasteiger partial charge >= 0.3 is 0 Å². The second-order valence-electron chi connectivity index (χ2n) is 5.02. The monoisotopic (exact) mass is 237 g/mol. The maximum absolute atomic E-state index is 4.65. The van der Waals surface area contributed by atoms with Crippen LogP contribution in [0.3, 0.4) is 0 Å². The van der Waals surface area contributed by atoms with Crippen molar-refractivity contribution in [3.8, 4) is 0 Å². The summed E-state index contributed by atoms with van der Waals surface area (Å²) in [6.07, 6.45) is 7.28. The molecule has 0 aromatic rings. The van der Waals surface area contributed by atoms with Crippen LogP contribution in [0.2, 0.25) is 0 Å². The van der Waals surface area contributed by atoms with Gasteiger partial charge in [-0.2, -0.15) is 0 Å². The summed E-state index contributed by atoms with van der Waals surface area (Å²) in [6.45, 7) is 10.8. The molecule has 0 aliphatic heterocycles. The number of hydrogen-bond donors (Lipinski definition) is 2. The topological polar surface area (TPSA) is 36.4 Å². The van der Waals surface area contributed by atoms with Crippen LogP contribution < -0.4 is 10.6 Å². The Morgan fingerprint density at radius 1 is 1.29 bits per heavy atom. The molecule has 0 spiro atoms. The highest BCUT2D eigenvalue weighted by atomic mass is 15.2. The molecule has 3 heteroatoms. The predicted octanol–water partition coefficient (Wildman–Crippen LogP) is 2.55. The summed E-state index contributed by atoms with van der Waals surface area (Å²) in [5.74, 6) is 2.62. The standard InChI is InChI=1S/C14H27N3/c1-4-10-16-14(15-5-2)17-11-13-8-6-12(3)7-9-13/h4,12-13H,1,5-11H2,2-3H3,(H2,15,16,17). The minimum absolute atomic E-state index is 0.771. The van der Waals surface area contributed by atoms with Crippen molar-refractivity contribution in [1.29, 1.82) is 0 Å². The summed E-state index contributed by atoms with van der Waals surface area (Å²) in [5.41, 5.74) is 0. The minimum atomic E-state index is 0.771. The van der Waals surface area contributed by atoms with E-state index in [9.17, 15) is 0 Å². The van der Waals surface area contributed by atoms with E-state index in [0.29, 0.717) is 0 Å². The Morgan fingerprint density at radius 3 is 2.59 bits per heavy atom. The van der Waals surface area contributed by atoms with Crippen molar-refractivity contribution in [2.75, 3.05) is 19.6 Å². The number of guanidine groups is 1. The lowest BCUT2D eigenvalue weighted by atomic mass is 9.83. The van der Waals surface area contributed by atoms with Crippen LogP contribution in [-0.4, -0.2) is 25.6 Å². The fraction of sp³-hybridized carbons (Fsp3) is 0.786. The van der Waals surface area contributed by atoms with Crippen molar-refractivity contribution in [1.82, 2.24) is 10.6 Å². The first kappa shape index (κ1) is 14.1. The van der Waals surface area contributed by atoms with Gasteiger partial charge in [-0.25, -0.2) is 0 Å². The fourth-order valence-corrected chi connectivity index (χ4v) is 2.24. The van der Waals surface area contributed by atoms with Gasteiger partial charge in [0.15, 0.2) is 5.96 Å². The van der Waals surface area contributed by atoms with Crippen LogP contribution in [0.1, 0.15) is 39.5 Å². The largest absolute Gasteiger partial charge is 0.357 e. The fourth-order valence-electron chi connectivity index (χ4n) is 2.24. The first-order valence-corrected chi connectivity index (χ1v) is 6.89. The number of nitrogens with one attached hydrogen (secondary N) is 2. The van der Waals surface area contributed by atoms with Gasteiger partial charge < -0.3 is 10.6 Å². The normalized spacial score (nSPS) is 25.4. The molecule has 0 aromatic carbocycles. The van der Waals surface area contributed by atoms with E-state index in [2.05, 4.69) is 36.1 Å². The van der Waals surface area contributed by atoms with Gasteiger partial charge in [0, 0.05) is 19.6 Å². The molecule has 1 aliphatic rings. The lowest BCUT2D eigenvalue weighted by Gasteiger charge is -2.25. The third kappa shape index (κ3) is 5.76. The molecule has 0 saturated heterocycles. The smallest absolute Gasteiger partial charge is 0.191 e. The Kier molecular flexibility index (Phi) is 6.75. The number of nitrogens with zero attached hydrogens (tertiary/aromatic N) is 1. The maximum atomic E-state index is 4.65. The van der Waals surface area contributed by atoms with E-state index in [1.165, 1.54) is 25.7 Å². The molecule has 1 rings (SSSR count). The first-order chi connectivity index (χ1) is 8.26. The predicted molar refractivity (Wildman–Crippen MR) is 75.3 cm³/mol. The van der Waals surface area contributed by atoms with Crippen molar-refractivity contribution in [2.24, 2.45) is 16.8 Å². The Labute approximate surface area is 106 Å². The third-order valence-electron chi connectivity index (χ3n) is 3.40. The van der Waals surface area contributed by atoms with Gasteiger partial charge in [0.25, 0.3) is 0 Å². The van der Waals surface area contributed by atoms with Crippen LogP contribution in [0.4, 0.5) is 0 Å². The molecular weight excluding hydrogens is 210 g/mol. The average molecular weight is 237 g/mol. The van der Waals surface area contributed by atoms with Crippen LogP contribution in [0.25, 0.3) is 0 Å². The summed E-state index contributed by atoms with van der Waals surface area (Å²) in [6, 6.07) is 0. The van der Waals surface area contributed by atoms with Gasteiger partial charge in [-0.1, -0.05) is 25.8 Å². The maximum Gasteiger partial charge on any atom is 0.191 e. The van der Waals surface area contributed by atoms with Gasteiger partial charge in [-0.15, -0.1) is 6.58 Å². The van der Waals surface area contributed by atoms with Crippen molar-refractivity contribution in [3.05, 3.63) is 12.7 Å². The van der Waals surface area contributed by atoms with Gasteiger partial charge in [0.2, 0.25) is 0 Å². The van der Waals surface area contributed by atoms with Crippen LogP contribution in [0.15, 0.2) is 17.6 Å². The van der Waals surface area contributed by atoms with Crippen LogP contribution in [0, 0.1) is 11.8 Å². The first-order valence-electron chi connectivity index (χ1n) is 6.89. The van der Waals surface area contributed by atoms with E-state index in [-0.39, 0.29) is 0 Å². The zero-order valence-corrected chi connectivity index (χ0v) is 11.3. The van der Waals surface area contributed by atoms with Gasteiger partial charge in [-0.05, 0) is 31.6 Å². The molecule has 1 saturated carbocycles. The van der Waals surface area contributed by atoms with E-state index < -0.39 is 0 Å². The zero-order valence-electron chi connectivity index (χ0n) is 11.3. The highest BCUT2D eigenvalue weighted by Gasteiger charge is 2.17. The molecule has 0 atom stereocenters. The molecule has 17 heavy (non-hydrogen) atoms. The Bertz CT molecular complexity index is 240. The van der Waals surface area contributed by atoms with E-state index in [1.54, 1.807) is 0 Å². The summed E-state index contributed by atoms with van der Waals surface area (Å²) < 4.78 is 0. The molecule has 3 nitrogen and oxygen atoms in total. The molecule has 0 amide bonds. The summed E-state index contributed by atoms with van der Waals surface area (Å²) >= 11 is 0. The molecule has 1 fully saturated rings. The van der Waals surface area contributed by atoms with Crippen molar-refractivity contribution in [2.45, 2.75) is 39.5 Å². The number of hydrogen-bond acceptors (Lipinski definition) is 1. The molecule has 1 aliphatic carbocycles. The summed E-state index contributed by atoms with van der Waals surface area (Å²) in [5, 5.41) is 6.50. The van der Waals surface area contributed by atoms with Crippen LogP contribution in [0.5, 0.6) is 0 Å². The van der Waals surface area contributed by atoms with Gasteiger partial charge in [0.1, 0.15) is 0 Å². The lowest BCUT2D eigenvalue weighted by molar-refractivity contribution is 0.296. The number of rotatable bonds is 5. The molecule has 98 valence electrons. The van der Waals surface area contributed by atoms with E-state index in [4.69, 9.17) is 0 Å². The van der Waals surface area contributed by atoms with Crippen molar-refractivity contribution < 1.29 is 0 Å². The SMILES string of the molecule is C=CCNC(=NCC1CCC(C)CC1)NCC. The summed E-state index contributed by atoms with van der Waals surface area (Å²) in [4.78, 5) is 4.65. The Morgan fingerprint density at radius 2 is 2.00 bits per heavy atom. The number of aliphatic imine (C=N–C) groups is 1. The Balaban J connectivity index is 2.33. The summed E-state index contributed by atoms with van der Waals surface area (Å²) in [7, 11) is 0. The van der Waals surface area contributed by atoms with E-state index in [0.717, 1.165) is 37.4 Å². The molecule has 0 unspecified atom stereocenters. The Hall–Kier alpha value is -0.990. The minimum Gasteiger partial charge on any atom is -0.357 e. The molecule has 0 bridgehead atoms. The highest BCUT2D eigenvalue weighted by molar-refractivity contribution is 5.79. The third-order valence-corrected chi connectivity index (χ3v) is 3.40. The van der Waals surface area contributed by atoms with Crippen LogP contribution >= 0.6 is 0 Å². The average Bonchev–Trinajstić information content (AvgIpc) is 2.35. The van der Waals surface area contributed by atoms with Crippen molar-refractivity contribution in [3.63, 3.8) is 0 Å². The van der Waals surface area contributed by atoms with Gasteiger partial charge in [0.05, 0.1) is 0 Å². The molecular formula is C14H27N3. The van der Waals surface area contributed by atoms with E-state index >= 15 is 0 Å². The molecule has 0 heterocycles. The lowest BCUT2D eigenvalue weighted by Crippen LogP contribution is -2.37. The van der Waals surface area contributed by atoms with E-state index in [1.807, 2.05) is 6.08 Å². The van der Waals surface area contributed by atoms with Crippen LogP contribution in [-0.2, 0) is 0 Å². The van der Waals surface area contributed by atoms with Gasteiger partial charge in [-0.3, -0.25) is 4.99 Å².